The van der Waals surface area contributed by atoms with Crippen LogP contribution in [0.2, 0.25) is 0 Å². The summed E-state index contributed by atoms with van der Waals surface area (Å²) in [6.07, 6.45) is 1.52. The van der Waals surface area contributed by atoms with Gasteiger partial charge < -0.3 is 10.6 Å². The van der Waals surface area contributed by atoms with Crippen molar-refractivity contribution in [2.24, 2.45) is 0 Å². The summed E-state index contributed by atoms with van der Waals surface area (Å²) < 4.78 is 27.1. The smallest absolute Gasteiger partial charge is 0.259 e. The predicted molar refractivity (Wildman–Crippen MR) is 72.8 cm³/mol. The Bertz CT molecular complexity index is 659. The molecule has 1 heterocycles. The number of nitrogens with one attached hydrogen (secondary N) is 2. The second kappa shape index (κ2) is 5.64. The number of rotatable bonds is 3. The molecule has 0 aliphatic rings. The largest absolute Gasteiger partial charge is 0.372 e. The van der Waals surface area contributed by atoms with Gasteiger partial charge in [-0.1, -0.05) is 0 Å². The lowest BCUT2D eigenvalue weighted by Crippen LogP contribution is -2.16. The van der Waals surface area contributed by atoms with Crippen molar-refractivity contribution in [1.29, 1.82) is 0 Å². The van der Waals surface area contributed by atoms with Gasteiger partial charge >= 0.3 is 0 Å². The van der Waals surface area contributed by atoms with Crippen molar-refractivity contribution in [3.05, 3.63) is 53.2 Å². The SMILES string of the molecule is CNc1ncccc1C(=O)Nc1cc(F)c(C)cc1F. The van der Waals surface area contributed by atoms with E-state index >= 15 is 0 Å². The maximum atomic E-state index is 13.7. The Morgan fingerprint density at radius 3 is 2.70 bits per heavy atom. The fourth-order valence-electron chi connectivity index (χ4n) is 1.72. The Kier molecular flexibility index (Phi) is 3.93. The van der Waals surface area contributed by atoms with E-state index in [0.717, 1.165) is 12.1 Å². The highest BCUT2D eigenvalue weighted by Crippen LogP contribution is 2.20. The third kappa shape index (κ3) is 2.74. The molecule has 2 rings (SSSR count). The van der Waals surface area contributed by atoms with Crippen LogP contribution in [0.15, 0.2) is 30.5 Å². The number of anilines is 2. The summed E-state index contributed by atoms with van der Waals surface area (Å²) in [5, 5.41) is 5.09. The lowest BCUT2D eigenvalue weighted by Gasteiger charge is -2.10. The molecule has 1 aromatic heterocycles. The molecule has 2 N–H and O–H groups in total. The molecule has 104 valence electrons. The van der Waals surface area contributed by atoms with Crippen LogP contribution >= 0.6 is 0 Å². The summed E-state index contributed by atoms with van der Waals surface area (Å²) in [5.41, 5.74) is 0.220. The Balaban J connectivity index is 2.30. The van der Waals surface area contributed by atoms with Crippen molar-refractivity contribution in [3.63, 3.8) is 0 Å². The Labute approximate surface area is 114 Å². The van der Waals surface area contributed by atoms with Gasteiger partial charge in [-0.05, 0) is 30.7 Å². The summed E-state index contributed by atoms with van der Waals surface area (Å²) in [4.78, 5) is 16.0. The van der Waals surface area contributed by atoms with E-state index in [1.807, 2.05) is 0 Å². The maximum Gasteiger partial charge on any atom is 0.259 e. The van der Waals surface area contributed by atoms with E-state index in [2.05, 4.69) is 15.6 Å². The molecular formula is C14H13F2N3O. The second-order valence-electron chi connectivity index (χ2n) is 4.18. The van der Waals surface area contributed by atoms with Crippen LogP contribution in [0.5, 0.6) is 0 Å². The van der Waals surface area contributed by atoms with Crippen LogP contribution in [0.3, 0.4) is 0 Å². The van der Waals surface area contributed by atoms with Gasteiger partial charge in [0.15, 0.2) is 0 Å². The number of pyridine rings is 1. The van der Waals surface area contributed by atoms with Crippen LogP contribution in [-0.2, 0) is 0 Å². The highest BCUT2D eigenvalue weighted by molar-refractivity contribution is 6.07. The molecule has 1 amide bonds. The topological polar surface area (TPSA) is 54.0 Å². The number of carbonyl (C=O) groups is 1. The van der Waals surface area contributed by atoms with E-state index in [0.29, 0.717) is 5.82 Å². The first-order valence-electron chi connectivity index (χ1n) is 5.92. The van der Waals surface area contributed by atoms with Gasteiger partial charge in [-0.15, -0.1) is 0 Å². The maximum absolute atomic E-state index is 13.7. The summed E-state index contributed by atoms with van der Waals surface area (Å²) in [6, 6.07) is 5.11. The molecule has 6 heteroatoms. The van der Waals surface area contributed by atoms with Crippen molar-refractivity contribution < 1.29 is 13.6 Å². The number of aryl methyl sites for hydroxylation is 1. The van der Waals surface area contributed by atoms with Crippen molar-refractivity contribution >= 4 is 17.4 Å². The van der Waals surface area contributed by atoms with Crippen LogP contribution in [0.4, 0.5) is 20.3 Å². The number of benzene rings is 1. The van der Waals surface area contributed by atoms with Gasteiger partial charge in [0.1, 0.15) is 17.5 Å². The number of nitrogens with zero attached hydrogens (tertiary/aromatic N) is 1. The van der Waals surface area contributed by atoms with E-state index in [-0.39, 0.29) is 16.8 Å². The monoisotopic (exact) mass is 277 g/mol. The number of carbonyl (C=O) groups excluding carboxylic acids is 1. The molecular weight excluding hydrogens is 264 g/mol. The summed E-state index contributed by atoms with van der Waals surface area (Å²) in [5.74, 6) is -1.48. The van der Waals surface area contributed by atoms with Crippen LogP contribution in [0, 0.1) is 18.6 Å². The van der Waals surface area contributed by atoms with Gasteiger partial charge in [0.25, 0.3) is 5.91 Å². The predicted octanol–water partition coefficient (Wildman–Crippen LogP) is 2.96. The Hall–Kier alpha value is -2.50. The Morgan fingerprint density at radius 2 is 2.00 bits per heavy atom. The quantitative estimate of drug-likeness (QED) is 0.907. The lowest BCUT2D eigenvalue weighted by molar-refractivity contribution is 0.102. The van der Waals surface area contributed by atoms with Gasteiger partial charge in [0.2, 0.25) is 0 Å². The minimum atomic E-state index is -0.688. The minimum Gasteiger partial charge on any atom is -0.372 e. The third-order valence-electron chi connectivity index (χ3n) is 2.79. The zero-order valence-electron chi connectivity index (χ0n) is 11.0. The molecule has 0 radical (unpaired) electrons. The first kappa shape index (κ1) is 13.9. The molecule has 4 nitrogen and oxygen atoms in total. The molecule has 2 aromatic rings. The van der Waals surface area contributed by atoms with Crippen LogP contribution in [-0.4, -0.2) is 17.9 Å². The third-order valence-corrected chi connectivity index (χ3v) is 2.79. The minimum absolute atomic E-state index is 0.179. The van der Waals surface area contributed by atoms with Gasteiger partial charge in [0.05, 0.1) is 11.3 Å². The van der Waals surface area contributed by atoms with E-state index in [1.54, 1.807) is 13.1 Å². The molecule has 0 bridgehead atoms. The molecule has 0 aliphatic heterocycles. The summed E-state index contributed by atoms with van der Waals surface area (Å²) in [7, 11) is 1.62. The van der Waals surface area contributed by atoms with E-state index < -0.39 is 17.5 Å². The standard InChI is InChI=1S/C14H13F2N3O/c1-8-6-11(16)12(7-10(8)15)19-14(20)9-4-3-5-18-13(9)17-2/h3-7H,1-2H3,(H,17,18)(H,19,20). The number of aromatic nitrogens is 1. The molecule has 0 atom stereocenters. The number of hydrogen-bond acceptors (Lipinski definition) is 3. The molecule has 0 unspecified atom stereocenters. The van der Waals surface area contributed by atoms with Crippen molar-refractivity contribution in [1.82, 2.24) is 4.98 Å². The molecule has 0 aliphatic carbocycles. The number of halogens is 2. The average molecular weight is 277 g/mol. The molecule has 0 fully saturated rings. The van der Waals surface area contributed by atoms with Gasteiger partial charge in [-0.3, -0.25) is 4.79 Å². The zero-order valence-corrected chi connectivity index (χ0v) is 11.0. The average Bonchev–Trinajstić information content (AvgIpc) is 2.44. The summed E-state index contributed by atoms with van der Waals surface area (Å²) in [6.45, 7) is 1.45. The fourth-order valence-corrected chi connectivity index (χ4v) is 1.72. The number of hydrogen-bond donors (Lipinski definition) is 2. The van der Waals surface area contributed by atoms with E-state index in [4.69, 9.17) is 0 Å². The van der Waals surface area contributed by atoms with E-state index in [1.165, 1.54) is 19.2 Å². The first-order valence-corrected chi connectivity index (χ1v) is 5.92. The fraction of sp³-hybridized carbons (Fsp3) is 0.143. The van der Waals surface area contributed by atoms with Gasteiger partial charge in [-0.2, -0.15) is 0 Å². The molecule has 1 aromatic carbocycles. The zero-order chi connectivity index (χ0) is 14.7. The Morgan fingerprint density at radius 1 is 1.25 bits per heavy atom. The number of amides is 1. The van der Waals surface area contributed by atoms with Crippen LogP contribution < -0.4 is 10.6 Å². The normalized spacial score (nSPS) is 10.2. The molecule has 0 saturated carbocycles. The van der Waals surface area contributed by atoms with Gasteiger partial charge in [-0.25, -0.2) is 13.8 Å². The first-order chi connectivity index (χ1) is 9.52. The highest BCUT2D eigenvalue weighted by Gasteiger charge is 2.14. The summed E-state index contributed by atoms with van der Waals surface area (Å²) >= 11 is 0. The van der Waals surface area contributed by atoms with Crippen LogP contribution in [0.25, 0.3) is 0 Å². The van der Waals surface area contributed by atoms with Crippen molar-refractivity contribution in [3.8, 4) is 0 Å². The lowest BCUT2D eigenvalue weighted by atomic mass is 10.2. The second-order valence-corrected chi connectivity index (χ2v) is 4.18. The van der Waals surface area contributed by atoms with Gasteiger partial charge in [0, 0.05) is 19.3 Å². The van der Waals surface area contributed by atoms with Crippen LogP contribution in [0.1, 0.15) is 15.9 Å². The highest BCUT2D eigenvalue weighted by atomic mass is 19.1. The van der Waals surface area contributed by atoms with Crippen molar-refractivity contribution in [2.75, 3.05) is 17.7 Å². The van der Waals surface area contributed by atoms with E-state index in [9.17, 15) is 13.6 Å². The molecule has 0 saturated heterocycles. The molecule has 20 heavy (non-hydrogen) atoms. The van der Waals surface area contributed by atoms with Crippen molar-refractivity contribution in [2.45, 2.75) is 6.92 Å². The molecule has 0 spiro atoms.